The van der Waals surface area contributed by atoms with Crippen molar-refractivity contribution in [2.75, 3.05) is 19.6 Å². The lowest BCUT2D eigenvalue weighted by Gasteiger charge is -2.27. The number of amides is 1. The summed E-state index contributed by atoms with van der Waals surface area (Å²) in [4.78, 5) is 17.9. The van der Waals surface area contributed by atoms with E-state index in [0.717, 1.165) is 5.01 Å². The summed E-state index contributed by atoms with van der Waals surface area (Å²) in [6, 6.07) is 0.201. The fourth-order valence-corrected chi connectivity index (χ4v) is 2.33. The van der Waals surface area contributed by atoms with E-state index in [9.17, 15) is 4.79 Å². The number of nitrogens with zero attached hydrogens (tertiary/aromatic N) is 2. The molecule has 0 fully saturated rings. The third-order valence-corrected chi connectivity index (χ3v) is 3.65. The Morgan fingerprint density at radius 3 is 2.75 bits per heavy atom. The zero-order valence-electron chi connectivity index (χ0n) is 13.0. The molecule has 1 unspecified atom stereocenters. The van der Waals surface area contributed by atoms with Crippen LogP contribution in [-0.2, 0) is 4.74 Å². The van der Waals surface area contributed by atoms with Crippen molar-refractivity contribution in [3.8, 4) is 0 Å². The van der Waals surface area contributed by atoms with Gasteiger partial charge in [0.05, 0.1) is 6.04 Å². The number of aromatic nitrogens is 1. The molecule has 0 saturated carbocycles. The molecule has 1 aromatic rings. The van der Waals surface area contributed by atoms with Crippen LogP contribution < -0.4 is 5.32 Å². The van der Waals surface area contributed by atoms with Crippen LogP contribution in [0.5, 0.6) is 0 Å². The maximum atomic E-state index is 12.0. The normalized spacial score (nSPS) is 13.1. The summed E-state index contributed by atoms with van der Waals surface area (Å²) in [7, 11) is 0. The minimum Gasteiger partial charge on any atom is -0.444 e. The van der Waals surface area contributed by atoms with Gasteiger partial charge >= 0.3 is 6.09 Å². The Morgan fingerprint density at radius 2 is 2.25 bits per heavy atom. The van der Waals surface area contributed by atoms with Crippen LogP contribution in [0.1, 0.15) is 45.7 Å². The summed E-state index contributed by atoms with van der Waals surface area (Å²) in [5.41, 5.74) is -0.452. The molecule has 1 aromatic heterocycles. The van der Waals surface area contributed by atoms with Gasteiger partial charge in [-0.1, -0.05) is 0 Å². The molecule has 0 aliphatic carbocycles. The van der Waals surface area contributed by atoms with E-state index in [2.05, 4.69) is 17.2 Å². The van der Waals surface area contributed by atoms with Gasteiger partial charge in [-0.25, -0.2) is 9.78 Å². The van der Waals surface area contributed by atoms with Crippen LogP contribution in [0.25, 0.3) is 0 Å². The summed E-state index contributed by atoms with van der Waals surface area (Å²) >= 11 is 1.63. The van der Waals surface area contributed by atoms with Crippen molar-refractivity contribution in [1.82, 2.24) is 15.2 Å². The average molecular weight is 299 g/mol. The van der Waals surface area contributed by atoms with Crippen LogP contribution in [0.3, 0.4) is 0 Å². The van der Waals surface area contributed by atoms with Crippen molar-refractivity contribution in [2.24, 2.45) is 0 Å². The minimum atomic E-state index is -0.452. The molecule has 0 spiro atoms. The molecule has 1 N–H and O–H groups in total. The smallest absolute Gasteiger partial charge is 0.410 e. The first-order valence-electron chi connectivity index (χ1n) is 6.94. The quantitative estimate of drug-likeness (QED) is 0.877. The fourth-order valence-electron chi connectivity index (χ4n) is 1.66. The summed E-state index contributed by atoms with van der Waals surface area (Å²) < 4.78 is 5.37. The summed E-state index contributed by atoms with van der Waals surface area (Å²) in [5.74, 6) is 0. The molecule has 0 radical (unpaired) electrons. The first-order valence-corrected chi connectivity index (χ1v) is 7.82. The van der Waals surface area contributed by atoms with Gasteiger partial charge in [0.1, 0.15) is 10.6 Å². The van der Waals surface area contributed by atoms with E-state index in [1.807, 2.05) is 33.1 Å². The highest BCUT2D eigenvalue weighted by molar-refractivity contribution is 7.09. The van der Waals surface area contributed by atoms with Crippen LogP contribution in [0.4, 0.5) is 4.79 Å². The molecule has 6 heteroatoms. The van der Waals surface area contributed by atoms with Crippen molar-refractivity contribution < 1.29 is 9.53 Å². The summed E-state index contributed by atoms with van der Waals surface area (Å²) in [6.07, 6.45) is 1.54. The van der Waals surface area contributed by atoms with Gasteiger partial charge in [0.25, 0.3) is 0 Å². The Hall–Kier alpha value is -1.14. The zero-order chi connectivity index (χ0) is 15.2. The Labute approximate surface area is 125 Å². The predicted molar refractivity (Wildman–Crippen MR) is 82.0 cm³/mol. The van der Waals surface area contributed by atoms with Crippen molar-refractivity contribution in [2.45, 2.75) is 46.3 Å². The minimum absolute atomic E-state index is 0.201. The number of likely N-dealkylation sites (N-methyl/N-ethyl adjacent to an activating group) is 1. The molecule has 0 aliphatic heterocycles. The maximum absolute atomic E-state index is 12.0. The van der Waals surface area contributed by atoms with Gasteiger partial charge in [0, 0.05) is 31.2 Å². The van der Waals surface area contributed by atoms with Gasteiger partial charge in [-0.05, 0) is 34.6 Å². The first kappa shape index (κ1) is 16.9. The average Bonchev–Trinajstić information content (AvgIpc) is 2.85. The van der Waals surface area contributed by atoms with E-state index >= 15 is 0 Å². The van der Waals surface area contributed by atoms with Crippen molar-refractivity contribution in [1.29, 1.82) is 0 Å². The Bertz CT molecular complexity index is 401. The standard InChI is InChI=1S/C14H25N3O2S/c1-6-17(13(18)19-14(3,4)5)9-7-15-11(2)12-16-8-10-20-12/h8,10-11,15H,6-7,9H2,1-5H3. The van der Waals surface area contributed by atoms with Gasteiger partial charge in [-0.15, -0.1) is 11.3 Å². The number of hydrogen-bond acceptors (Lipinski definition) is 5. The van der Waals surface area contributed by atoms with Gasteiger partial charge in [0.15, 0.2) is 0 Å². The van der Waals surface area contributed by atoms with Crippen LogP contribution in [-0.4, -0.2) is 41.2 Å². The molecule has 1 atom stereocenters. The topological polar surface area (TPSA) is 54.5 Å². The number of carbonyl (C=O) groups excluding carboxylic acids is 1. The highest BCUT2D eigenvalue weighted by Gasteiger charge is 2.20. The van der Waals surface area contributed by atoms with E-state index in [4.69, 9.17) is 4.74 Å². The molecule has 114 valence electrons. The molecule has 1 heterocycles. The molecule has 0 saturated heterocycles. The molecular weight excluding hydrogens is 274 g/mol. The number of nitrogens with one attached hydrogen (secondary N) is 1. The molecule has 0 aromatic carbocycles. The second-order valence-electron chi connectivity index (χ2n) is 5.61. The van der Waals surface area contributed by atoms with Crippen LogP contribution in [0, 0.1) is 0 Å². The fraction of sp³-hybridized carbons (Fsp3) is 0.714. The van der Waals surface area contributed by atoms with Gasteiger partial charge < -0.3 is 15.0 Å². The molecular formula is C14H25N3O2S. The molecule has 0 aliphatic rings. The van der Waals surface area contributed by atoms with E-state index in [1.165, 1.54) is 0 Å². The lowest BCUT2D eigenvalue weighted by molar-refractivity contribution is 0.0261. The Kier molecular flexibility index (Phi) is 6.42. The molecule has 0 bridgehead atoms. The van der Waals surface area contributed by atoms with Crippen molar-refractivity contribution >= 4 is 17.4 Å². The number of rotatable bonds is 6. The van der Waals surface area contributed by atoms with Crippen molar-refractivity contribution in [3.05, 3.63) is 16.6 Å². The predicted octanol–water partition coefficient (Wildman–Crippen LogP) is 3.05. The summed E-state index contributed by atoms with van der Waals surface area (Å²) in [5, 5.41) is 6.39. The molecule has 1 amide bonds. The lowest BCUT2D eigenvalue weighted by atomic mass is 10.2. The van der Waals surface area contributed by atoms with Crippen molar-refractivity contribution in [3.63, 3.8) is 0 Å². The second kappa shape index (κ2) is 7.59. The zero-order valence-corrected chi connectivity index (χ0v) is 13.8. The number of thiazole rings is 1. The maximum Gasteiger partial charge on any atom is 0.410 e. The van der Waals surface area contributed by atoms with Gasteiger partial charge in [0.2, 0.25) is 0 Å². The van der Waals surface area contributed by atoms with Crippen LogP contribution in [0.15, 0.2) is 11.6 Å². The Balaban J connectivity index is 2.36. The highest BCUT2D eigenvalue weighted by atomic mass is 32.1. The first-order chi connectivity index (χ1) is 9.33. The van der Waals surface area contributed by atoms with E-state index < -0.39 is 5.60 Å². The van der Waals surface area contributed by atoms with Crippen LogP contribution in [0.2, 0.25) is 0 Å². The third kappa shape index (κ3) is 5.88. The van der Waals surface area contributed by atoms with E-state index in [1.54, 1.807) is 22.4 Å². The Morgan fingerprint density at radius 1 is 1.55 bits per heavy atom. The van der Waals surface area contributed by atoms with Gasteiger partial charge in [-0.3, -0.25) is 0 Å². The molecule has 20 heavy (non-hydrogen) atoms. The van der Waals surface area contributed by atoms with E-state index in [0.29, 0.717) is 19.6 Å². The second-order valence-corrected chi connectivity index (χ2v) is 6.53. The van der Waals surface area contributed by atoms with Gasteiger partial charge in [-0.2, -0.15) is 0 Å². The number of ether oxygens (including phenoxy) is 1. The number of carbonyl (C=O) groups is 1. The number of hydrogen-bond donors (Lipinski definition) is 1. The highest BCUT2D eigenvalue weighted by Crippen LogP contribution is 2.14. The largest absolute Gasteiger partial charge is 0.444 e. The summed E-state index contributed by atoms with van der Waals surface area (Å²) in [6.45, 7) is 11.6. The monoisotopic (exact) mass is 299 g/mol. The lowest BCUT2D eigenvalue weighted by Crippen LogP contribution is -2.40. The third-order valence-electron chi connectivity index (χ3n) is 2.69. The molecule has 5 nitrogen and oxygen atoms in total. The van der Waals surface area contributed by atoms with Crippen LogP contribution >= 0.6 is 11.3 Å². The SMILES string of the molecule is CCN(CCNC(C)c1nccs1)C(=O)OC(C)(C)C. The molecule has 1 rings (SSSR count). The van der Waals surface area contributed by atoms with E-state index in [-0.39, 0.29) is 12.1 Å².